The largest absolute Gasteiger partial charge is 0.380 e. The minimum Gasteiger partial charge on any atom is -0.380 e. The van der Waals surface area contributed by atoms with Gasteiger partial charge in [0, 0.05) is 24.5 Å². The van der Waals surface area contributed by atoms with Crippen molar-refractivity contribution in [2.45, 2.75) is 13.3 Å². The first-order valence-corrected chi connectivity index (χ1v) is 7.58. The molecule has 0 spiro atoms. The molecule has 2 rings (SSSR count). The Hall–Kier alpha value is -2.48. The molecule has 0 radical (unpaired) electrons. The van der Waals surface area contributed by atoms with E-state index in [1.54, 1.807) is 6.07 Å². The molecule has 1 heterocycles. The molecule has 1 aromatic carbocycles. The second-order valence-electron chi connectivity index (χ2n) is 5.48. The van der Waals surface area contributed by atoms with Gasteiger partial charge in [-0.25, -0.2) is 9.97 Å². The summed E-state index contributed by atoms with van der Waals surface area (Å²) < 4.78 is 0. The molecule has 23 heavy (non-hydrogen) atoms. The van der Waals surface area contributed by atoms with Crippen LogP contribution in [-0.2, 0) is 0 Å². The highest BCUT2D eigenvalue weighted by Crippen LogP contribution is 2.31. The topological polar surface area (TPSA) is 96.2 Å². The molecule has 0 saturated heterocycles. The molecule has 8 nitrogen and oxygen atoms in total. The minimum atomic E-state index is -0.389. The van der Waals surface area contributed by atoms with E-state index in [1.807, 2.05) is 21.0 Å². The van der Waals surface area contributed by atoms with Gasteiger partial charge in [0.2, 0.25) is 0 Å². The second kappa shape index (κ2) is 7.68. The summed E-state index contributed by atoms with van der Waals surface area (Å²) in [4.78, 5) is 21.4. The molecule has 2 N–H and O–H groups in total. The first-order valence-electron chi connectivity index (χ1n) is 7.58. The Labute approximate surface area is 135 Å². The zero-order valence-corrected chi connectivity index (χ0v) is 13.7. The summed E-state index contributed by atoms with van der Waals surface area (Å²) in [6, 6.07) is 3.23. The van der Waals surface area contributed by atoms with Crippen LogP contribution in [0.4, 0.5) is 17.2 Å². The van der Waals surface area contributed by atoms with Crippen molar-refractivity contribution in [2.75, 3.05) is 44.4 Å². The SMILES string of the molecule is CCNc1cc2ncnc(NCCCN(C)C)c2cc1[N+](=O)[O-]. The van der Waals surface area contributed by atoms with Gasteiger partial charge in [0.05, 0.1) is 10.4 Å². The Morgan fingerprint density at radius 1 is 1.26 bits per heavy atom. The molecular weight excluding hydrogens is 296 g/mol. The van der Waals surface area contributed by atoms with Gasteiger partial charge in [-0.3, -0.25) is 10.1 Å². The number of rotatable bonds is 8. The van der Waals surface area contributed by atoms with Crippen molar-refractivity contribution in [1.29, 1.82) is 0 Å². The van der Waals surface area contributed by atoms with Gasteiger partial charge in [-0.15, -0.1) is 0 Å². The number of nitro benzene ring substituents is 1. The van der Waals surface area contributed by atoms with E-state index in [1.165, 1.54) is 12.4 Å². The van der Waals surface area contributed by atoms with Gasteiger partial charge in [0.25, 0.3) is 5.69 Å². The lowest BCUT2D eigenvalue weighted by Gasteiger charge is -2.12. The van der Waals surface area contributed by atoms with Crippen LogP contribution in [0.3, 0.4) is 0 Å². The van der Waals surface area contributed by atoms with Gasteiger partial charge in [-0.2, -0.15) is 0 Å². The lowest BCUT2D eigenvalue weighted by Crippen LogP contribution is -2.16. The molecule has 0 aliphatic rings. The quantitative estimate of drug-likeness (QED) is 0.438. The molecule has 0 amide bonds. The molecule has 124 valence electrons. The monoisotopic (exact) mass is 318 g/mol. The van der Waals surface area contributed by atoms with Crippen LogP contribution in [0.1, 0.15) is 13.3 Å². The van der Waals surface area contributed by atoms with Gasteiger partial charge >= 0.3 is 0 Å². The maximum atomic E-state index is 11.3. The molecular formula is C15H22N6O2. The van der Waals surface area contributed by atoms with E-state index in [9.17, 15) is 10.1 Å². The van der Waals surface area contributed by atoms with Crippen molar-refractivity contribution in [3.63, 3.8) is 0 Å². The summed E-state index contributed by atoms with van der Waals surface area (Å²) in [6.45, 7) is 4.20. The average Bonchev–Trinajstić information content (AvgIpc) is 2.50. The van der Waals surface area contributed by atoms with Gasteiger partial charge in [0.15, 0.2) is 0 Å². The zero-order valence-electron chi connectivity index (χ0n) is 13.7. The van der Waals surface area contributed by atoms with Crippen molar-refractivity contribution >= 4 is 28.1 Å². The summed E-state index contributed by atoms with van der Waals surface area (Å²) >= 11 is 0. The number of nitrogens with one attached hydrogen (secondary N) is 2. The van der Waals surface area contributed by atoms with Crippen LogP contribution in [0.2, 0.25) is 0 Å². The molecule has 1 aromatic heterocycles. The van der Waals surface area contributed by atoms with E-state index >= 15 is 0 Å². The Kier molecular flexibility index (Phi) is 5.64. The standard InChI is InChI=1S/C15H22N6O2/c1-4-16-13-9-12-11(8-14(13)21(22)23)15(19-10-18-12)17-6-5-7-20(2)3/h8-10,16H,4-7H2,1-3H3,(H,17,18,19). The molecule has 0 saturated carbocycles. The van der Waals surface area contributed by atoms with Crippen molar-refractivity contribution in [3.8, 4) is 0 Å². The van der Waals surface area contributed by atoms with E-state index < -0.39 is 0 Å². The van der Waals surface area contributed by atoms with Crippen molar-refractivity contribution in [3.05, 3.63) is 28.6 Å². The molecule has 0 aliphatic heterocycles. The third-order valence-electron chi connectivity index (χ3n) is 3.39. The zero-order chi connectivity index (χ0) is 16.8. The van der Waals surface area contributed by atoms with E-state index in [-0.39, 0.29) is 10.6 Å². The van der Waals surface area contributed by atoms with E-state index in [0.717, 1.165) is 19.5 Å². The average molecular weight is 318 g/mol. The van der Waals surface area contributed by atoms with Gasteiger partial charge in [-0.05, 0) is 40.1 Å². The molecule has 8 heteroatoms. The predicted molar refractivity (Wildman–Crippen MR) is 92.0 cm³/mol. The summed E-state index contributed by atoms with van der Waals surface area (Å²) in [5.74, 6) is 0.625. The van der Waals surface area contributed by atoms with E-state index in [4.69, 9.17) is 0 Å². The second-order valence-corrected chi connectivity index (χ2v) is 5.48. The normalized spacial score (nSPS) is 11.0. The predicted octanol–water partition coefficient (Wildman–Crippen LogP) is 2.33. The van der Waals surface area contributed by atoms with Crippen LogP contribution in [0.25, 0.3) is 10.9 Å². The number of benzene rings is 1. The van der Waals surface area contributed by atoms with Crippen LogP contribution in [-0.4, -0.2) is 53.5 Å². The molecule has 0 aliphatic carbocycles. The van der Waals surface area contributed by atoms with Gasteiger partial charge < -0.3 is 15.5 Å². The maximum Gasteiger partial charge on any atom is 0.293 e. The van der Waals surface area contributed by atoms with Gasteiger partial charge in [0.1, 0.15) is 17.8 Å². The van der Waals surface area contributed by atoms with Gasteiger partial charge in [-0.1, -0.05) is 0 Å². The Morgan fingerprint density at radius 3 is 2.70 bits per heavy atom. The fourth-order valence-corrected chi connectivity index (χ4v) is 2.32. The van der Waals surface area contributed by atoms with Crippen LogP contribution >= 0.6 is 0 Å². The summed E-state index contributed by atoms with van der Waals surface area (Å²) in [5.41, 5.74) is 1.18. The number of nitrogens with zero attached hydrogens (tertiary/aromatic N) is 4. The Bertz CT molecular complexity index is 689. The number of fused-ring (bicyclic) bond motifs is 1. The van der Waals surface area contributed by atoms with Crippen LogP contribution in [0.15, 0.2) is 18.5 Å². The third kappa shape index (κ3) is 4.26. The highest BCUT2D eigenvalue weighted by atomic mass is 16.6. The lowest BCUT2D eigenvalue weighted by molar-refractivity contribution is -0.383. The summed E-state index contributed by atoms with van der Waals surface area (Å²) in [5, 5.41) is 18.2. The number of hydrogen-bond donors (Lipinski definition) is 2. The molecule has 0 bridgehead atoms. The first kappa shape index (κ1) is 16.9. The third-order valence-corrected chi connectivity index (χ3v) is 3.39. The number of nitro groups is 1. The number of hydrogen-bond acceptors (Lipinski definition) is 7. The fraction of sp³-hybridized carbons (Fsp3) is 0.467. The molecule has 0 fully saturated rings. The van der Waals surface area contributed by atoms with Crippen molar-refractivity contribution < 1.29 is 4.92 Å². The summed E-state index contributed by atoms with van der Waals surface area (Å²) in [7, 11) is 4.04. The number of anilines is 2. The van der Waals surface area contributed by atoms with Crippen LogP contribution in [0, 0.1) is 10.1 Å². The van der Waals surface area contributed by atoms with Crippen molar-refractivity contribution in [1.82, 2.24) is 14.9 Å². The lowest BCUT2D eigenvalue weighted by atomic mass is 10.1. The van der Waals surface area contributed by atoms with E-state index in [2.05, 4.69) is 25.5 Å². The first-order chi connectivity index (χ1) is 11.0. The smallest absolute Gasteiger partial charge is 0.293 e. The Balaban J connectivity index is 2.31. The molecule has 0 unspecified atom stereocenters. The Morgan fingerprint density at radius 2 is 2.04 bits per heavy atom. The maximum absolute atomic E-state index is 11.3. The molecule has 2 aromatic rings. The van der Waals surface area contributed by atoms with E-state index in [0.29, 0.717) is 29.0 Å². The van der Waals surface area contributed by atoms with Crippen LogP contribution in [0.5, 0.6) is 0 Å². The highest BCUT2D eigenvalue weighted by molar-refractivity contribution is 5.94. The number of aromatic nitrogens is 2. The highest BCUT2D eigenvalue weighted by Gasteiger charge is 2.17. The van der Waals surface area contributed by atoms with Crippen molar-refractivity contribution in [2.24, 2.45) is 0 Å². The summed E-state index contributed by atoms with van der Waals surface area (Å²) in [6.07, 6.45) is 2.42. The van der Waals surface area contributed by atoms with Crippen LogP contribution < -0.4 is 10.6 Å². The molecule has 0 atom stereocenters. The fourth-order valence-electron chi connectivity index (χ4n) is 2.32. The minimum absolute atomic E-state index is 0.0329.